The summed E-state index contributed by atoms with van der Waals surface area (Å²) in [5, 5.41) is 0. The van der Waals surface area contributed by atoms with Crippen LogP contribution in [0.3, 0.4) is 0 Å². The van der Waals surface area contributed by atoms with E-state index in [0.29, 0.717) is 13.1 Å². The quantitative estimate of drug-likeness (QED) is 0.810. The van der Waals surface area contributed by atoms with Gasteiger partial charge in [-0.1, -0.05) is 32.4 Å². The topological polar surface area (TPSA) is 40.6 Å². The molecule has 1 aromatic carbocycles. The average Bonchev–Trinajstić information content (AvgIpc) is 2.53. The summed E-state index contributed by atoms with van der Waals surface area (Å²) in [6, 6.07) is 8.58. The van der Waals surface area contributed by atoms with Gasteiger partial charge in [0.15, 0.2) is 0 Å². The Kier molecular flexibility index (Phi) is 5.65. The van der Waals surface area contributed by atoms with Gasteiger partial charge in [-0.15, -0.1) is 0 Å². The molecule has 0 aliphatic carbocycles. The van der Waals surface area contributed by atoms with E-state index >= 15 is 0 Å². The molecule has 0 radical (unpaired) electrons. The highest BCUT2D eigenvalue weighted by molar-refractivity contribution is 7.89. The third-order valence-corrected chi connectivity index (χ3v) is 6.05. The summed E-state index contributed by atoms with van der Waals surface area (Å²) in [5.74, 6) is 0.286. The van der Waals surface area contributed by atoms with Crippen molar-refractivity contribution < 1.29 is 8.42 Å². The van der Waals surface area contributed by atoms with E-state index in [1.54, 1.807) is 4.31 Å². The Morgan fingerprint density at radius 2 is 1.62 bits per heavy atom. The van der Waals surface area contributed by atoms with Crippen LogP contribution in [0, 0.1) is 0 Å². The second-order valence-electron chi connectivity index (χ2n) is 5.58. The molecule has 1 saturated heterocycles. The standard InChI is InChI=1S/C16H26N2O2S/c1-3-5-14-21(19,20)18-12-10-17(11-13-18)16-8-6-15(4-2)7-9-16/h6-9H,3-5,10-14H2,1-2H3. The van der Waals surface area contributed by atoms with Crippen LogP contribution in [-0.4, -0.2) is 44.7 Å². The summed E-state index contributed by atoms with van der Waals surface area (Å²) in [4.78, 5) is 2.27. The number of hydrogen-bond donors (Lipinski definition) is 0. The Morgan fingerprint density at radius 3 is 2.14 bits per heavy atom. The summed E-state index contributed by atoms with van der Waals surface area (Å²) in [5.41, 5.74) is 2.53. The normalized spacial score (nSPS) is 17.1. The van der Waals surface area contributed by atoms with Gasteiger partial charge >= 0.3 is 0 Å². The van der Waals surface area contributed by atoms with Gasteiger partial charge in [-0.25, -0.2) is 8.42 Å². The molecule has 0 amide bonds. The predicted molar refractivity (Wildman–Crippen MR) is 88.3 cm³/mol. The smallest absolute Gasteiger partial charge is 0.214 e. The van der Waals surface area contributed by atoms with Gasteiger partial charge in [0, 0.05) is 31.9 Å². The van der Waals surface area contributed by atoms with Crippen molar-refractivity contribution in [2.75, 3.05) is 36.8 Å². The number of nitrogens with zero attached hydrogens (tertiary/aromatic N) is 2. The molecule has 2 rings (SSSR count). The Bertz CT molecular complexity index is 532. The van der Waals surface area contributed by atoms with Gasteiger partial charge in [-0.2, -0.15) is 4.31 Å². The van der Waals surface area contributed by atoms with Gasteiger partial charge in [0.1, 0.15) is 0 Å². The van der Waals surface area contributed by atoms with Crippen LogP contribution in [0.2, 0.25) is 0 Å². The van der Waals surface area contributed by atoms with Crippen molar-refractivity contribution in [1.82, 2.24) is 4.31 Å². The van der Waals surface area contributed by atoms with E-state index in [1.165, 1.54) is 11.3 Å². The lowest BCUT2D eigenvalue weighted by Gasteiger charge is -2.35. The number of anilines is 1. The average molecular weight is 310 g/mol. The molecule has 1 fully saturated rings. The molecule has 0 bridgehead atoms. The highest BCUT2D eigenvalue weighted by atomic mass is 32.2. The van der Waals surface area contributed by atoms with E-state index < -0.39 is 10.0 Å². The summed E-state index contributed by atoms with van der Waals surface area (Å²) in [7, 11) is -3.06. The summed E-state index contributed by atoms with van der Waals surface area (Å²) in [6.45, 7) is 6.92. The lowest BCUT2D eigenvalue weighted by Crippen LogP contribution is -2.49. The van der Waals surface area contributed by atoms with Crippen molar-refractivity contribution >= 4 is 15.7 Å². The maximum absolute atomic E-state index is 12.2. The molecule has 1 heterocycles. The molecule has 0 atom stereocenters. The molecule has 0 unspecified atom stereocenters. The molecule has 0 spiro atoms. The molecule has 0 N–H and O–H groups in total. The first-order chi connectivity index (χ1) is 10.1. The van der Waals surface area contributed by atoms with Gasteiger partial charge in [0.05, 0.1) is 5.75 Å². The fourth-order valence-corrected chi connectivity index (χ4v) is 4.25. The van der Waals surface area contributed by atoms with E-state index in [1.807, 2.05) is 6.92 Å². The third-order valence-electron chi connectivity index (χ3n) is 4.10. The molecular weight excluding hydrogens is 284 g/mol. The molecule has 1 aliphatic rings. The second kappa shape index (κ2) is 7.27. The van der Waals surface area contributed by atoms with E-state index in [4.69, 9.17) is 0 Å². The number of piperazine rings is 1. The monoisotopic (exact) mass is 310 g/mol. The van der Waals surface area contributed by atoms with Gasteiger partial charge in [-0.05, 0) is 30.5 Å². The first-order valence-electron chi connectivity index (χ1n) is 7.88. The van der Waals surface area contributed by atoms with Gasteiger partial charge < -0.3 is 4.90 Å². The lowest BCUT2D eigenvalue weighted by molar-refractivity contribution is 0.384. The summed E-state index contributed by atoms with van der Waals surface area (Å²) in [6.07, 6.45) is 2.72. The number of rotatable bonds is 6. The first kappa shape index (κ1) is 16.3. The highest BCUT2D eigenvalue weighted by Crippen LogP contribution is 2.19. The second-order valence-corrected chi connectivity index (χ2v) is 7.66. The van der Waals surface area contributed by atoms with E-state index in [2.05, 4.69) is 36.1 Å². The summed E-state index contributed by atoms with van der Waals surface area (Å²) >= 11 is 0. The van der Waals surface area contributed by atoms with Crippen LogP contribution < -0.4 is 4.90 Å². The van der Waals surface area contributed by atoms with Crippen molar-refractivity contribution in [2.24, 2.45) is 0 Å². The summed E-state index contributed by atoms with van der Waals surface area (Å²) < 4.78 is 26.0. The van der Waals surface area contributed by atoms with Crippen LogP contribution >= 0.6 is 0 Å². The third kappa shape index (κ3) is 4.20. The SMILES string of the molecule is CCCCS(=O)(=O)N1CCN(c2ccc(CC)cc2)CC1. The van der Waals surface area contributed by atoms with Crippen molar-refractivity contribution in [1.29, 1.82) is 0 Å². The van der Waals surface area contributed by atoms with Crippen LogP contribution in [0.25, 0.3) is 0 Å². The molecule has 0 saturated carbocycles. The molecule has 118 valence electrons. The van der Waals surface area contributed by atoms with E-state index in [-0.39, 0.29) is 5.75 Å². The molecule has 0 aromatic heterocycles. The fourth-order valence-electron chi connectivity index (χ4n) is 2.62. The molecular formula is C16H26N2O2S. The molecule has 21 heavy (non-hydrogen) atoms. The fraction of sp³-hybridized carbons (Fsp3) is 0.625. The van der Waals surface area contributed by atoms with Crippen LogP contribution in [0.4, 0.5) is 5.69 Å². The largest absolute Gasteiger partial charge is 0.369 e. The van der Waals surface area contributed by atoms with E-state index in [9.17, 15) is 8.42 Å². The number of benzene rings is 1. The van der Waals surface area contributed by atoms with Crippen molar-refractivity contribution in [3.05, 3.63) is 29.8 Å². The van der Waals surface area contributed by atoms with Gasteiger partial charge in [-0.3, -0.25) is 0 Å². The van der Waals surface area contributed by atoms with Crippen LogP contribution in [0.15, 0.2) is 24.3 Å². The zero-order valence-corrected chi connectivity index (χ0v) is 13.9. The molecule has 1 aromatic rings. The highest BCUT2D eigenvalue weighted by Gasteiger charge is 2.26. The molecule has 4 nitrogen and oxygen atoms in total. The zero-order chi connectivity index (χ0) is 15.3. The Morgan fingerprint density at radius 1 is 1.00 bits per heavy atom. The predicted octanol–water partition coefficient (Wildman–Crippen LogP) is 2.50. The van der Waals surface area contributed by atoms with Gasteiger partial charge in [0.25, 0.3) is 0 Å². The maximum Gasteiger partial charge on any atom is 0.214 e. The molecule has 1 aliphatic heterocycles. The lowest BCUT2D eigenvalue weighted by atomic mass is 10.1. The van der Waals surface area contributed by atoms with Crippen LogP contribution in [-0.2, 0) is 16.4 Å². The molecule has 5 heteroatoms. The first-order valence-corrected chi connectivity index (χ1v) is 9.49. The number of sulfonamides is 1. The Balaban J connectivity index is 1.93. The van der Waals surface area contributed by atoms with Crippen LogP contribution in [0.1, 0.15) is 32.3 Å². The maximum atomic E-state index is 12.2. The van der Waals surface area contributed by atoms with Crippen molar-refractivity contribution in [3.8, 4) is 0 Å². The van der Waals surface area contributed by atoms with Crippen molar-refractivity contribution in [2.45, 2.75) is 33.1 Å². The number of unbranched alkanes of at least 4 members (excludes halogenated alkanes) is 1. The minimum atomic E-state index is -3.06. The van der Waals surface area contributed by atoms with Crippen LogP contribution in [0.5, 0.6) is 0 Å². The minimum absolute atomic E-state index is 0.286. The Hall–Kier alpha value is -1.07. The van der Waals surface area contributed by atoms with Crippen molar-refractivity contribution in [3.63, 3.8) is 0 Å². The van der Waals surface area contributed by atoms with Gasteiger partial charge in [0.2, 0.25) is 10.0 Å². The minimum Gasteiger partial charge on any atom is -0.369 e. The Labute approximate surface area is 128 Å². The number of aryl methyl sites for hydroxylation is 1. The number of hydrogen-bond acceptors (Lipinski definition) is 3. The van der Waals surface area contributed by atoms with E-state index in [0.717, 1.165) is 32.4 Å². The zero-order valence-electron chi connectivity index (χ0n) is 13.1.